The molecule has 0 spiro atoms. The van der Waals surface area contributed by atoms with Gasteiger partial charge < -0.3 is 10.5 Å². The molecule has 21 heavy (non-hydrogen) atoms. The maximum atomic E-state index is 6.06. The summed E-state index contributed by atoms with van der Waals surface area (Å²) in [4.78, 5) is 8.53. The Morgan fingerprint density at radius 2 is 1.76 bits per heavy atom. The average molecular weight is 300 g/mol. The summed E-state index contributed by atoms with van der Waals surface area (Å²) in [7, 11) is 0. The number of nitrogen functional groups attached to an aromatic ring is 1. The molecule has 1 heterocycles. The summed E-state index contributed by atoms with van der Waals surface area (Å²) >= 11 is 6.06. The first-order chi connectivity index (χ1) is 10.2. The lowest BCUT2D eigenvalue weighted by Crippen LogP contribution is -2.06. The van der Waals surface area contributed by atoms with Crippen molar-refractivity contribution in [1.29, 1.82) is 0 Å². The van der Waals surface area contributed by atoms with Crippen LogP contribution >= 0.6 is 11.6 Å². The zero-order valence-corrected chi connectivity index (χ0v) is 12.0. The summed E-state index contributed by atoms with van der Waals surface area (Å²) in [6.45, 7) is 0.476. The molecule has 2 N–H and O–H groups in total. The van der Waals surface area contributed by atoms with Gasteiger partial charge in [-0.05, 0) is 18.2 Å². The minimum atomic E-state index is 0.279. The Morgan fingerprint density at radius 3 is 2.62 bits per heavy atom. The standard InChI is InChI=1S/C16H14ClN3O/c17-12-6-2-4-8-15(12)21-10-9-14-11-5-1-3-7-13(11)19-16(18)20-14/h1-8H,9-10H2,(H2,18,19,20). The molecule has 2 aromatic carbocycles. The van der Waals surface area contributed by atoms with Crippen molar-refractivity contribution < 1.29 is 4.74 Å². The molecular weight excluding hydrogens is 286 g/mol. The number of halogens is 1. The van der Waals surface area contributed by atoms with Crippen LogP contribution in [-0.4, -0.2) is 16.6 Å². The van der Waals surface area contributed by atoms with Crippen LogP contribution in [0.15, 0.2) is 48.5 Å². The number of aromatic nitrogens is 2. The molecule has 4 nitrogen and oxygen atoms in total. The predicted octanol–water partition coefficient (Wildman–Crippen LogP) is 3.49. The van der Waals surface area contributed by atoms with Crippen molar-refractivity contribution in [1.82, 2.24) is 9.97 Å². The minimum Gasteiger partial charge on any atom is -0.492 e. The zero-order chi connectivity index (χ0) is 14.7. The van der Waals surface area contributed by atoms with Crippen LogP contribution in [0.4, 0.5) is 5.95 Å². The van der Waals surface area contributed by atoms with E-state index >= 15 is 0 Å². The first-order valence-electron chi connectivity index (χ1n) is 6.62. The van der Waals surface area contributed by atoms with E-state index in [1.54, 1.807) is 6.07 Å². The van der Waals surface area contributed by atoms with Crippen molar-refractivity contribution in [2.75, 3.05) is 12.3 Å². The van der Waals surface area contributed by atoms with E-state index in [9.17, 15) is 0 Å². The second-order valence-electron chi connectivity index (χ2n) is 4.57. The Balaban J connectivity index is 1.78. The second kappa shape index (κ2) is 5.97. The highest BCUT2D eigenvalue weighted by molar-refractivity contribution is 6.32. The van der Waals surface area contributed by atoms with Gasteiger partial charge in [0.15, 0.2) is 0 Å². The molecule has 3 aromatic rings. The quantitative estimate of drug-likeness (QED) is 0.801. The van der Waals surface area contributed by atoms with Crippen LogP contribution in [0, 0.1) is 0 Å². The molecule has 5 heteroatoms. The Kier molecular flexibility index (Phi) is 3.88. The topological polar surface area (TPSA) is 61.0 Å². The van der Waals surface area contributed by atoms with Crippen molar-refractivity contribution >= 4 is 28.5 Å². The SMILES string of the molecule is Nc1nc(CCOc2ccccc2Cl)c2ccccc2n1. The number of ether oxygens (including phenoxy) is 1. The highest BCUT2D eigenvalue weighted by Crippen LogP contribution is 2.23. The fourth-order valence-corrected chi connectivity index (χ4v) is 2.36. The summed E-state index contributed by atoms with van der Waals surface area (Å²) in [5, 5.41) is 1.60. The number of nitrogens with two attached hydrogens (primary N) is 1. The van der Waals surface area contributed by atoms with Crippen molar-refractivity contribution in [2.24, 2.45) is 0 Å². The Bertz CT molecular complexity index is 776. The Hall–Kier alpha value is -2.33. The minimum absolute atomic E-state index is 0.279. The Labute approximate surface area is 127 Å². The number of rotatable bonds is 4. The first-order valence-corrected chi connectivity index (χ1v) is 7.00. The number of benzene rings is 2. The lowest BCUT2D eigenvalue weighted by atomic mass is 10.1. The van der Waals surface area contributed by atoms with Gasteiger partial charge in [0.2, 0.25) is 5.95 Å². The third kappa shape index (κ3) is 3.06. The molecule has 0 radical (unpaired) electrons. The van der Waals surface area contributed by atoms with Crippen LogP contribution in [0.2, 0.25) is 5.02 Å². The molecule has 0 saturated heterocycles. The molecule has 1 aromatic heterocycles. The summed E-state index contributed by atoms with van der Waals surface area (Å²) < 4.78 is 5.70. The van der Waals surface area contributed by atoms with E-state index < -0.39 is 0 Å². The van der Waals surface area contributed by atoms with Crippen LogP contribution in [0.1, 0.15) is 5.69 Å². The second-order valence-corrected chi connectivity index (χ2v) is 4.98. The van der Waals surface area contributed by atoms with Crippen molar-refractivity contribution in [3.63, 3.8) is 0 Å². The smallest absolute Gasteiger partial charge is 0.220 e. The van der Waals surface area contributed by atoms with Gasteiger partial charge in [0.05, 0.1) is 22.8 Å². The van der Waals surface area contributed by atoms with E-state index in [1.807, 2.05) is 42.5 Å². The summed E-state index contributed by atoms with van der Waals surface area (Å²) in [5.41, 5.74) is 7.47. The van der Waals surface area contributed by atoms with Gasteiger partial charge in [-0.25, -0.2) is 9.97 Å². The fourth-order valence-electron chi connectivity index (χ4n) is 2.17. The molecule has 3 rings (SSSR count). The molecular formula is C16H14ClN3O. The molecule has 0 fully saturated rings. The van der Waals surface area contributed by atoms with E-state index in [1.165, 1.54) is 0 Å². The van der Waals surface area contributed by atoms with Gasteiger partial charge in [-0.2, -0.15) is 0 Å². The normalized spacial score (nSPS) is 10.7. The molecule has 0 aliphatic carbocycles. The van der Waals surface area contributed by atoms with E-state index in [0.717, 1.165) is 16.6 Å². The predicted molar refractivity (Wildman–Crippen MR) is 84.6 cm³/mol. The highest BCUT2D eigenvalue weighted by Gasteiger charge is 2.07. The van der Waals surface area contributed by atoms with Gasteiger partial charge in [-0.15, -0.1) is 0 Å². The summed E-state index contributed by atoms with van der Waals surface area (Å²) in [6, 6.07) is 15.2. The maximum Gasteiger partial charge on any atom is 0.220 e. The van der Waals surface area contributed by atoms with Crippen molar-refractivity contribution in [3.8, 4) is 5.75 Å². The molecule has 0 bridgehead atoms. The number of anilines is 1. The Morgan fingerprint density at radius 1 is 1.00 bits per heavy atom. The maximum absolute atomic E-state index is 6.06. The summed E-state index contributed by atoms with van der Waals surface area (Å²) in [5.74, 6) is 0.951. The molecule has 0 unspecified atom stereocenters. The average Bonchev–Trinajstić information content (AvgIpc) is 2.49. The van der Waals surface area contributed by atoms with E-state index in [-0.39, 0.29) is 5.95 Å². The monoisotopic (exact) mass is 299 g/mol. The number of hydrogen-bond acceptors (Lipinski definition) is 4. The third-order valence-corrected chi connectivity index (χ3v) is 3.44. The van der Waals surface area contributed by atoms with Gasteiger partial charge in [0, 0.05) is 11.8 Å². The lowest BCUT2D eigenvalue weighted by Gasteiger charge is -2.09. The van der Waals surface area contributed by atoms with Crippen molar-refractivity contribution in [2.45, 2.75) is 6.42 Å². The van der Waals surface area contributed by atoms with Gasteiger partial charge in [-0.1, -0.05) is 41.9 Å². The summed E-state index contributed by atoms with van der Waals surface area (Å²) in [6.07, 6.45) is 0.637. The highest BCUT2D eigenvalue weighted by atomic mass is 35.5. The van der Waals surface area contributed by atoms with E-state index in [2.05, 4.69) is 9.97 Å². The molecule has 0 atom stereocenters. The fraction of sp³-hybridized carbons (Fsp3) is 0.125. The first kappa shape index (κ1) is 13.6. The molecule has 0 saturated carbocycles. The van der Waals surface area contributed by atoms with Crippen LogP contribution in [0.5, 0.6) is 5.75 Å². The van der Waals surface area contributed by atoms with E-state index in [4.69, 9.17) is 22.1 Å². The van der Waals surface area contributed by atoms with Crippen LogP contribution in [0.25, 0.3) is 10.9 Å². The third-order valence-electron chi connectivity index (χ3n) is 3.13. The van der Waals surface area contributed by atoms with Crippen LogP contribution < -0.4 is 10.5 Å². The van der Waals surface area contributed by atoms with Crippen LogP contribution in [0.3, 0.4) is 0 Å². The number of para-hydroxylation sites is 2. The lowest BCUT2D eigenvalue weighted by molar-refractivity contribution is 0.321. The zero-order valence-electron chi connectivity index (χ0n) is 11.3. The van der Waals surface area contributed by atoms with Crippen molar-refractivity contribution in [3.05, 3.63) is 59.2 Å². The molecule has 106 valence electrons. The van der Waals surface area contributed by atoms with Gasteiger partial charge in [-0.3, -0.25) is 0 Å². The van der Waals surface area contributed by atoms with Gasteiger partial charge in [0.25, 0.3) is 0 Å². The molecule has 0 aliphatic rings. The number of nitrogens with zero attached hydrogens (tertiary/aromatic N) is 2. The van der Waals surface area contributed by atoms with Gasteiger partial charge in [0.1, 0.15) is 5.75 Å². The molecule has 0 aliphatic heterocycles. The number of hydrogen-bond donors (Lipinski definition) is 1. The van der Waals surface area contributed by atoms with Crippen LogP contribution in [-0.2, 0) is 6.42 Å². The van der Waals surface area contributed by atoms with Gasteiger partial charge >= 0.3 is 0 Å². The van der Waals surface area contributed by atoms with E-state index in [0.29, 0.717) is 23.8 Å². The molecule has 0 amide bonds. The largest absolute Gasteiger partial charge is 0.492 e. The number of fused-ring (bicyclic) bond motifs is 1.